The number of phosphoric ester groups is 1. The largest absolute Gasteiger partial charge is 0.647 e. The molecule has 0 fully saturated rings. The lowest BCUT2D eigenvalue weighted by Crippen LogP contribution is -2.22. The number of benzene rings is 3. The molecule has 0 atom stereocenters. The second-order valence-corrected chi connectivity index (χ2v) is 17.5. The highest BCUT2D eigenvalue weighted by atomic mass is 32.2. The summed E-state index contributed by atoms with van der Waals surface area (Å²) in [6, 6.07) is 14.3. The first-order valence-electron chi connectivity index (χ1n) is 14.1. The minimum atomic E-state index is -4.46. The van der Waals surface area contributed by atoms with Crippen molar-refractivity contribution in [2.45, 2.75) is 115 Å². The lowest BCUT2D eigenvalue weighted by Gasteiger charge is -2.34. The summed E-state index contributed by atoms with van der Waals surface area (Å²) in [6.45, 7) is 25.6. The predicted octanol–water partition coefficient (Wildman–Crippen LogP) is 11.1. The van der Waals surface area contributed by atoms with Crippen molar-refractivity contribution < 1.29 is 22.5 Å². The molecule has 0 aromatic heterocycles. The van der Waals surface area contributed by atoms with E-state index in [4.69, 9.17) is 13.6 Å². The normalized spacial score (nSPS) is 15.5. The van der Waals surface area contributed by atoms with Crippen molar-refractivity contribution >= 4 is 19.6 Å². The highest BCUT2D eigenvalue weighted by Crippen LogP contribution is 2.60. The second-order valence-electron chi connectivity index (χ2n) is 15.0. The summed E-state index contributed by atoms with van der Waals surface area (Å²) < 4.78 is 48.2. The number of halogens is 1. The molecule has 1 heterocycles. The van der Waals surface area contributed by atoms with Crippen LogP contribution in [-0.2, 0) is 26.2 Å². The van der Waals surface area contributed by atoms with Crippen molar-refractivity contribution in [3.05, 3.63) is 76.6 Å². The molecular formula is C34H44FO4PS. The number of para-hydroxylation sites is 1. The van der Waals surface area contributed by atoms with Crippen LogP contribution in [0.15, 0.2) is 58.3 Å². The molecule has 0 amide bonds. The molecule has 4 nitrogen and oxygen atoms in total. The van der Waals surface area contributed by atoms with Crippen LogP contribution in [0, 0.1) is 5.82 Å². The molecule has 0 unspecified atom stereocenters. The molecule has 4 rings (SSSR count). The van der Waals surface area contributed by atoms with Gasteiger partial charge in [0.15, 0.2) is 23.1 Å². The maximum atomic E-state index is 14.8. The zero-order valence-electron chi connectivity index (χ0n) is 26.5. The molecule has 0 saturated heterocycles. The van der Waals surface area contributed by atoms with Crippen LogP contribution in [-0.4, -0.2) is 0 Å². The lowest BCUT2D eigenvalue weighted by atomic mass is 9.80. The minimum absolute atomic E-state index is 0.144. The molecule has 222 valence electrons. The molecule has 41 heavy (non-hydrogen) atoms. The van der Waals surface area contributed by atoms with Crippen molar-refractivity contribution in [2.75, 3.05) is 0 Å². The Balaban J connectivity index is 2.11. The number of rotatable bonds is 2. The van der Waals surface area contributed by atoms with Gasteiger partial charge in [-0.25, -0.2) is 4.39 Å². The monoisotopic (exact) mass is 598 g/mol. The summed E-state index contributed by atoms with van der Waals surface area (Å²) in [5.74, 6) is 0.0167. The van der Waals surface area contributed by atoms with Crippen LogP contribution in [0.1, 0.15) is 105 Å². The lowest BCUT2D eigenvalue weighted by molar-refractivity contribution is 0.282. The molecule has 0 saturated carbocycles. The smallest absolute Gasteiger partial charge is 0.384 e. The van der Waals surface area contributed by atoms with Crippen LogP contribution in [0.25, 0.3) is 0 Å². The SMILES string of the molecule is CC(C)(C)c1cc2c(c(C(C)(C)C)c1)OP(=O)(Oc1ccccc1F)Oc1c(cc(C(C)(C)C)cc1C(C)(C)C)S2. The predicted molar refractivity (Wildman–Crippen MR) is 168 cm³/mol. The Hall–Kier alpha value is -2.43. The van der Waals surface area contributed by atoms with Crippen molar-refractivity contribution in [1.82, 2.24) is 0 Å². The first-order chi connectivity index (χ1) is 18.6. The van der Waals surface area contributed by atoms with Crippen LogP contribution < -0.4 is 13.6 Å². The Kier molecular flexibility index (Phi) is 7.98. The molecule has 3 aromatic rings. The summed E-state index contributed by atoms with van der Waals surface area (Å²) >= 11 is 1.55. The molecule has 1 aliphatic heterocycles. The third kappa shape index (κ3) is 6.81. The maximum absolute atomic E-state index is 14.8. The van der Waals surface area contributed by atoms with E-state index in [1.54, 1.807) is 23.9 Å². The third-order valence-electron chi connectivity index (χ3n) is 7.13. The molecule has 3 aromatic carbocycles. The number of hydrogen-bond donors (Lipinski definition) is 0. The first-order valence-corrected chi connectivity index (χ1v) is 16.4. The molecule has 0 aliphatic carbocycles. The van der Waals surface area contributed by atoms with Gasteiger partial charge in [-0.1, -0.05) is 119 Å². The summed E-state index contributed by atoms with van der Waals surface area (Å²) in [4.78, 5) is 1.63. The van der Waals surface area contributed by atoms with Crippen LogP contribution in [0.4, 0.5) is 4.39 Å². The van der Waals surface area contributed by atoms with Gasteiger partial charge in [0.1, 0.15) is 0 Å². The van der Waals surface area contributed by atoms with Gasteiger partial charge in [0.05, 0.1) is 9.79 Å². The zero-order chi connectivity index (χ0) is 30.8. The molecule has 0 N–H and O–H groups in total. The van der Waals surface area contributed by atoms with Crippen molar-refractivity contribution in [2.24, 2.45) is 0 Å². The van der Waals surface area contributed by atoms with Crippen molar-refractivity contribution in [3.8, 4) is 17.2 Å². The van der Waals surface area contributed by atoms with Gasteiger partial charge in [-0.3, -0.25) is 0 Å². The fourth-order valence-electron chi connectivity index (χ4n) is 4.56. The third-order valence-corrected chi connectivity index (χ3v) is 9.41. The maximum Gasteiger partial charge on any atom is 0.647 e. The molecule has 0 bridgehead atoms. The highest BCUT2D eigenvalue weighted by molar-refractivity contribution is 7.99. The average Bonchev–Trinajstić information content (AvgIpc) is 2.78. The van der Waals surface area contributed by atoms with Crippen LogP contribution in [0.5, 0.6) is 17.2 Å². The van der Waals surface area contributed by atoms with Crippen molar-refractivity contribution in [3.63, 3.8) is 0 Å². The van der Waals surface area contributed by atoms with Crippen LogP contribution in [0.2, 0.25) is 0 Å². The number of hydrogen-bond acceptors (Lipinski definition) is 5. The van der Waals surface area contributed by atoms with E-state index in [0.29, 0.717) is 11.5 Å². The second kappa shape index (κ2) is 10.4. The fourth-order valence-corrected chi connectivity index (χ4v) is 7.12. The van der Waals surface area contributed by atoms with E-state index in [9.17, 15) is 8.96 Å². The topological polar surface area (TPSA) is 44.8 Å². The Morgan fingerprint density at radius 2 is 1.07 bits per heavy atom. The Morgan fingerprint density at radius 3 is 1.44 bits per heavy atom. The highest BCUT2D eigenvalue weighted by Gasteiger charge is 2.42. The van der Waals surface area contributed by atoms with E-state index in [0.717, 1.165) is 32.0 Å². The Morgan fingerprint density at radius 1 is 0.659 bits per heavy atom. The molecule has 7 heteroatoms. The molecular weight excluding hydrogens is 554 g/mol. The standard InChI is InChI=1S/C34H44FO4PS/c1-31(2,3)21-17-23(33(7,8)9)29-27(19-21)41-28-20-22(32(4,5)6)18-24(34(10,11)12)30(28)39-40(36,38-29)37-26-16-14-13-15-25(26)35/h13-20H,1-12H3. The van der Waals surface area contributed by atoms with Gasteiger partial charge in [0, 0.05) is 11.1 Å². The first kappa shape index (κ1) is 31.5. The fraction of sp³-hybridized carbons (Fsp3) is 0.471. The number of phosphoric acid groups is 1. The Labute approximate surface area is 250 Å². The number of fused-ring (bicyclic) bond motifs is 2. The Bertz CT molecular complexity index is 1430. The van der Waals surface area contributed by atoms with Gasteiger partial charge in [-0.2, -0.15) is 4.57 Å². The summed E-state index contributed by atoms with van der Waals surface area (Å²) in [6.07, 6.45) is 0. The van der Waals surface area contributed by atoms with E-state index in [1.165, 1.54) is 12.1 Å². The van der Waals surface area contributed by atoms with E-state index >= 15 is 0 Å². The molecule has 0 radical (unpaired) electrons. The average molecular weight is 599 g/mol. The summed E-state index contributed by atoms with van der Waals surface area (Å²) in [5.41, 5.74) is 3.01. The van der Waals surface area contributed by atoms with E-state index in [2.05, 4.69) is 107 Å². The van der Waals surface area contributed by atoms with E-state index < -0.39 is 13.6 Å². The van der Waals surface area contributed by atoms with Gasteiger partial charge in [0.2, 0.25) is 0 Å². The van der Waals surface area contributed by atoms with Gasteiger partial charge in [-0.05, 0) is 57.1 Å². The van der Waals surface area contributed by atoms with Gasteiger partial charge >= 0.3 is 7.82 Å². The van der Waals surface area contributed by atoms with Crippen LogP contribution >= 0.6 is 19.6 Å². The minimum Gasteiger partial charge on any atom is -0.384 e. The van der Waals surface area contributed by atoms with E-state index in [-0.39, 0.29) is 27.4 Å². The van der Waals surface area contributed by atoms with Crippen LogP contribution in [0.3, 0.4) is 0 Å². The summed E-state index contributed by atoms with van der Waals surface area (Å²) in [5, 5.41) is 0. The van der Waals surface area contributed by atoms with Gasteiger partial charge in [-0.15, -0.1) is 0 Å². The van der Waals surface area contributed by atoms with E-state index in [1.807, 2.05) is 0 Å². The van der Waals surface area contributed by atoms with Crippen molar-refractivity contribution in [1.29, 1.82) is 0 Å². The van der Waals surface area contributed by atoms with Gasteiger partial charge < -0.3 is 13.6 Å². The van der Waals surface area contributed by atoms with Gasteiger partial charge in [0.25, 0.3) is 0 Å². The zero-order valence-corrected chi connectivity index (χ0v) is 28.2. The molecule has 1 aliphatic rings. The summed E-state index contributed by atoms with van der Waals surface area (Å²) in [7, 11) is -4.46. The molecule has 0 spiro atoms. The quantitative estimate of drug-likeness (QED) is 0.275.